The molecule has 1 aliphatic rings. The quantitative estimate of drug-likeness (QED) is 0.666. The molecule has 21 heavy (non-hydrogen) atoms. The molecule has 2 rings (SSSR count). The van der Waals surface area contributed by atoms with E-state index in [1.165, 1.54) is 12.0 Å². The fraction of sp³-hybridized carbons (Fsp3) is 0.429. The van der Waals surface area contributed by atoms with Gasteiger partial charge in [-0.1, -0.05) is 0 Å². The van der Waals surface area contributed by atoms with Crippen LogP contribution in [0.3, 0.4) is 0 Å². The SMILES string of the molecule is COC(=O)C1CCCCN1C(=O)c1cc(F)cc(N)c1F. The Morgan fingerprint density at radius 3 is 2.71 bits per heavy atom. The first-order chi connectivity index (χ1) is 9.95. The van der Waals surface area contributed by atoms with Crippen molar-refractivity contribution in [3.05, 3.63) is 29.3 Å². The van der Waals surface area contributed by atoms with Gasteiger partial charge in [0.25, 0.3) is 5.91 Å². The Bertz CT molecular complexity index is 578. The molecule has 0 bridgehead atoms. The highest BCUT2D eigenvalue weighted by Gasteiger charge is 2.34. The number of nitrogens with zero attached hydrogens (tertiary/aromatic N) is 1. The Hall–Kier alpha value is -2.18. The van der Waals surface area contributed by atoms with Gasteiger partial charge in [-0.2, -0.15) is 0 Å². The van der Waals surface area contributed by atoms with Gasteiger partial charge in [0.05, 0.1) is 18.4 Å². The third-order valence-electron chi connectivity index (χ3n) is 3.53. The number of methoxy groups -OCH3 is 1. The molecule has 1 unspecified atom stereocenters. The van der Waals surface area contributed by atoms with E-state index in [1.807, 2.05) is 0 Å². The summed E-state index contributed by atoms with van der Waals surface area (Å²) in [6.45, 7) is 0.286. The number of hydrogen-bond acceptors (Lipinski definition) is 4. The van der Waals surface area contributed by atoms with Crippen LogP contribution in [0.15, 0.2) is 12.1 Å². The number of carbonyl (C=O) groups is 2. The number of hydrogen-bond donors (Lipinski definition) is 1. The van der Waals surface area contributed by atoms with Crippen LogP contribution in [0.5, 0.6) is 0 Å². The fourth-order valence-corrected chi connectivity index (χ4v) is 2.48. The summed E-state index contributed by atoms with van der Waals surface area (Å²) in [6, 6.07) is 0.817. The minimum absolute atomic E-state index is 0.286. The number of benzene rings is 1. The van der Waals surface area contributed by atoms with Crippen LogP contribution in [0.25, 0.3) is 0 Å². The number of piperidine rings is 1. The number of anilines is 1. The smallest absolute Gasteiger partial charge is 0.328 e. The van der Waals surface area contributed by atoms with Crippen molar-refractivity contribution in [1.82, 2.24) is 4.90 Å². The molecule has 1 aliphatic heterocycles. The number of likely N-dealkylation sites (tertiary alicyclic amines) is 1. The molecule has 2 N–H and O–H groups in total. The van der Waals surface area contributed by atoms with Crippen LogP contribution in [0.4, 0.5) is 14.5 Å². The van der Waals surface area contributed by atoms with Crippen LogP contribution < -0.4 is 5.73 Å². The van der Waals surface area contributed by atoms with E-state index in [-0.39, 0.29) is 6.54 Å². The second-order valence-corrected chi connectivity index (χ2v) is 4.89. The van der Waals surface area contributed by atoms with E-state index in [0.717, 1.165) is 18.6 Å². The van der Waals surface area contributed by atoms with Gasteiger partial charge in [0.2, 0.25) is 0 Å². The Morgan fingerprint density at radius 1 is 1.33 bits per heavy atom. The molecule has 1 atom stereocenters. The van der Waals surface area contributed by atoms with E-state index in [2.05, 4.69) is 4.74 Å². The molecule has 5 nitrogen and oxygen atoms in total. The number of ether oxygens (including phenoxy) is 1. The van der Waals surface area contributed by atoms with E-state index in [1.54, 1.807) is 0 Å². The average Bonchev–Trinajstić information content (AvgIpc) is 2.49. The Kier molecular flexibility index (Phi) is 4.40. The van der Waals surface area contributed by atoms with Gasteiger partial charge in [-0.3, -0.25) is 4.79 Å². The number of carbonyl (C=O) groups excluding carboxylic acids is 2. The van der Waals surface area contributed by atoms with Crippen molar-refractivity contribution in [3.63, 3.8) is 0 Å². The van der Waals surface area contributed by atoms with E-state index in [0.29, 0.717) is 12.8 Å². The van der Waals surface area contributed by atoms with Crippen molar-refractivity contribution in [1.29, 1.82) is 0 Å². The van der Waals surface area contributed by atoms with Crippen molar-refractivity contribution in [2.75, 3.05) is 19.4 Å². The molecule has 1 fully saturated rings. The number of esters is 1. The number of nitrogen functional groups attached to an aromatic ring is 1. The van der Waals surface area contributed by atoms with Crippen LogP contribution >= 0.6 is 0 Å². The summed E-state index contributed by atoms with van der Waals surface area (Å²) in [5.41, 5.74) is 4.42. The molecule has 0 aliphatic carbocycles. The van der Waals surface area contributed by atoms with Gasteiger partial charge in [0.1, 0.15) is 11.9 Å². The molecule has 114 valence electrons. The lowest BCUT2D eigenvalue weighted by atomic mass is 10.0. The van der Waals surface area contributed by atoms with Gasteiger partial charge in [0.15, 0.2) is 5.82 Å². The second-order valence-electron chi connectivity index (χ2n) is 4.89. The standard InChI is InChI=1S/C14H16F2N2O3/c1-21-14(20)11-4-2-3-5-18(11)13(19)9-6-8(15)7-10(17)12(9)16/h6-7,11H,2-5,17H2,1H3. The maximum atomic E-state index is 13.9. The zero-order chi connectivity index (χ0) is 15.6. The number of amides is 1. The summed E-state index contributed by atoms with van der Waals surface area (Å²) in [5, 5.41) is 0. The highest BCUT2D eigenvalue weighted by Crippen LogP contribution is 2.24. The molecule has 0 saturated carbocycles. The van der Waals surface area contributed by atoms with E-state index < -0.39 is 40.8 Å². The number of nitrogens with two attached hydrogens (primary N) is 1. The predicted molar refractivity (Wildman–Crippen MR) is 71.5 cm³/mol. The minimum atomic E-state index is -0.976. The van der Waals surface area contributed by atoms with Crippen molar-refractivity contribution in [3.8, 4) is 0 Å². The normalized spacial score (nSPS) is 18.4. The molecule has 0 radical (unpaired) electrons. The summed E-state index contributed by atoms with van der Waals surface area (Å²) in [7, 11) is 1.22. The van der Waals surface area contributed by atoms with Crippen molar-refractivity contribution < 1.29 is 23.1 Å². The maximum absolute atomic E-state index is 13.9. The van der Waals surface area contributed by atoms with Crippen LogP contribution in [-0.4, -0.2) is 36.5 Å². The topological polar surface area (TPSA) is 72.6 Å². The zero-order valence-electron chi connectivity index (χ0n) is 11.6. The predicted octanol–water partition coefficient (Wildman–Crippen LogP) is 1.71. The molecular weight excluding hydrogens is 282 g/mol. The van der Waals surface area contributed by atoms with Gasteiger partial charge in [-0.25, -0.2) is 13.6 Å². The lowest BCUT2D eigenvalue weighted by molar-refractivity contribution is -0.147. The summed E-state index contributed by atoms with van der Waals surface area (Å²) < 4.78 is 31.9. The lowest BCUT2D eigenvalue weighted by Gasteiger charge is -2.33. The third-order valence-corrected chi connectivity index (χ3v) is 3.53. The molecule has 1 aromatic carbocycles. The highest BCUT2D eigenvalue weighted by atomic mass is 19.1. The molecule has 1 amide bonds. The Balaban J connectivity index is 2.35. The van der Waals surface area contributed by atoms with Gasteiger partial charge in [-0.05, 0) is 31.4 Å². The first-order valence-corrected chi connectivity index (χ1v) is 6.59. The van der Waals surface area contributed by atoms with Crippen LogP contribution in [0.1, 0.15) is 29.6 Å². The molecule has 0 aromatic heterocycles. The zero-order valence-corrected chi connectivity index (χ0v) is 11.6. The molecule has 0 spiro atoms. The summed E-state index contributed by atoms with van der Waals surface area (Å²) in [6.07, 6.45) is 1.88. The first-order valence-electron chi connectivity index (χ1n) is 6.59. The highest BCUT2D eigenvalue weighted by molar-refractivity contribution is 5.98. The summed E-state index contributed by atoms with van der Waals surface area (Å²) in [4.78, 5) is 25.3. The van der Waals surface area contributed by atoms with Gasteiger partial charge in [-0.15, -0.1) is 0 Å². The van der Waals surface area contributed by atoms with Gasteiger partial charge < -0.3 is 15.4 Å². The molecule has 1 aromatic rings. The number of halogens is 2. The Morgan fingerprint density at radius 2 is 2.05 bits per heavy atom. The van der Waals surface area contributed by atoms with Crippen LogP contribution in [0, 0.1) is 11.6 Å². The second kappa shape index (κ2) is 6.07. The monoisotopic (exact) mass is 298 g/mol. The summed E-state index contributed by atoms with van der Waals surface area (Å²) in [5.74, 6) is -3.10. The first kappa shape index (κ1) is 15.2. The van der Waals surface area contributed by atoms with E-state index >= 15 is 0 Å². The molecule has 1 heterocycles. The average molecular weight is 298 g/mol. The maximum Gasteiger partial charge on any atom is 0.328 e. The third kappa shape index (κ3) is 2.96. The van der Waals surface area contributed by atoms with Crippen LogP contribution in [-0.2, 0) is 9.53 Å². The fourth-order valence-electron chi connectivity index (χ4n) is 2.48. The van der Waals surface area contributed by atoms with Crippen molar-refractivity contribution in [2.45, 2.75) is 25.3 Å². The van der Waals surface area contributed by atoms with E-state index in [4.69, 9.17) is 5.73 Å². The Labute approximate surface area is 120 Å². The van der Waals surface area contributed by atoms with Crippen molar-refractivity contribution in [2.24, 2.45) is 0 Å². The minimum Gasteiger partial charge on any atom is -0.467 e. The van der Waals surface area contributed by atoms with Gasteiger partial charge in [0, 0.05) is 6.54 Å². The summed E-state index contributed by atoms with van der Waals surface area (Å²) >= 11 is 0. The molecule has 1 saturated heterocycles. The molecule has 7 heteroatoms. The molecular formula is C14H16F2N2O3. The number of rotatable bonds is 2. The van der Waals surface area contributed by atoms with E-state index in [9.17, 15) is 18.4 Å². The van der Waals surface area contributed by atoms with Crippen LogP contribution in [0.2, 0.25) is 0 Å². The largest absolute Gasteiger partial charge is 0.467 e. The van der Waals surface area contributed by atoms with Gasteiger partial charge >= 0.3 is 5.97 Å². The van der Waals surface area contributed by atoms with Crippen molar-refractivity contribution >= 4 is 17.6 Å². The lowest BCUT2D eigenvalue weighted by Crippen LogP contribution is -2.48.